The quantitative estimate of drug-likeness (QED) is 0.318. The number of anilines is 1. The normalized spacial score (nSPS) is 11.0. The van der Waals surface area contributed by atoms with Crippen molar-refractivity contribution in [2.75, 3.05) is 11.1 Å². The lowest BCUT2D eigenvalue weighted by atomic mass is 10.2. The highest BCUT2D eigenvalue weighted by Gasteiger charge is 2.09. The number of carbonyl (C=O) groups excluding carboxylic acids is 1. The third kappa shape index (κ3) is 4.93. The monoisotopic (exact) mass is 458 g/mol. The molecule has 1 amide bonds. The highest BCUT2D eigenvalue weighted by Crippen LogP contribution is 2.32. The van der Waals surface area contributed by atoms with Crippen LogP contribution < -0.4 is 5.32 Å². The number of amides is 1. The predicted molar refractivity (Wildman–Crippen MR) is 126 cm³/mol. The van der Waals surface area contributed by atoms with Crippen LogP contribution in [0.3, 0.4) is 0 Å². The fourth-order valence-electron chi connectivity index (χ4n) is 2.78. The van der Waals surface area contributed by atoms with E-state index in [1.54, 1.807) is 29.5 Å². The van der Waals surface area contributed by atoms with Gasteiger partial charge in [0.1, 0.15) is 5.01 Å². The van der Waals surface area contributed by atoms with Crippen LogP contribution in [0.25, 0.3) is 20.8 Å². The van der Waals surface area contributed by atoms with Crippen molar-refractivity contribution in [3.8, 4) is 10.6 Å². The Morgan fingerprint density at radius 3 is 2.66 bits per heavy atom. The number of aromatic nitrogens is 1. The Kier molecular flexibility index (Phi) is 6.11. The molecular weight excluding hydrogens is 443 g/mol. The van der Waals surface area contributed by atoms with E-state index in [0.717, 1.165) is 26.7 Å². The molecule has 3 nitrogen and oxygen atoms in total. The summed E-state index contributed by atoms with van der Waals surface area (Å²) in [5, 5.41) is 5.05. The van der Waals surface area contributed by atoms with Crippen molar-refractivity contribution in [3.05, 3.63) is 76.3 Å². The van der Waals surface area contributed by atoms with E-state index in [-0.39, 0.29) is 11.7 Å². The highest BCUT2D eigenvalue weighted by atomic mass is 35.5. The van der Waals surface area contributed by atoms with Crippen molar-refractivity contribution in [3.63, 3.8) is 0 Å². The molecule has 0 radical (unpaired) electrons. The van der Waals surface area contributed by atoms with Gasteiger partial charge in [-0.3, -0.25) is 4.79 Å². The Hall–Kier alpha value is -2.05. The molecule has 1 heterocycles. The summed E-state index contributed by atoms with van der Waals surface area (Å²) in [4.78, 5) is 17.8. The van der Waals surface area contributed by atoms with Crippen LogP contribution in [-0.2, 0) is 4.79 Å². The number of hydrogen-bond donors (Lipinski definition) is 1. The van der Waals surface area contributed by atoms with E-state index in [9.17, 15) is 4.79 Å². The van der Waals surface area contributed by atoms with Crippen molar-refractivity contribution in [2.45, 2.75) is 11.8 Å². The molecule has 0 fully saturated rings. The van der Waals surface area contributed by atoms with Gasteiger partial charge in [0.25, 0.3) is 0 Å². The van der Waals surface area contributed by atoms with Gasteiger partial charge < -0.3 is 5.32 Å². The van der Waals surface area contributed by atoms with E-state index < -0.39 is 0 Å². The highest BCUT2D eigenvalue weighted by molar-refractivity contribution is 8.00. The van der Waals surface area contributed by atoms with Gasteiger partial charge in [0.05, 0.1) is 21.0 Å². The minimum absolute atomic E-state index is 0.103. The molecule has 0 spiro atoms. The number of rotatable bonds is 5. The maximum atomic E-state index is 12.3. The summed E-state index contributed by atoms with van der Waals surface area (Å²) in [6.45, 7) is 2.08. The van der Waals surface area contributed by atoms with Crippen molar-refractivity contribution < 1.29 is 4.79 Å². The average molecular weight is 459 g/mol. The number of carbonyl (C=O) groups is 1. The molecule has 7 heteroatoms. The Balaban J connectivity index is 1.40. The molecule has 0 aliphatic rings. The van der Waals surface area contributed by atoms with Crippen LogP contribution in [-0.4, -0.2) is 16.6 Å². The summed E-state index contributed by atoms with van der Waals surface area (Å²) in [5.41, 5.74) is 4.00. The summed E-state index contributed by atoms with van der Waals surface area (Å²) < 4.78 is 1.18. The number of nitrogens with zero attached hydrogens (tertiary/aromatic N) is 1. The molecule has 3 aromatic carbocycles. The largest absolute Gasteiger partial charge is 0.325 e. The average Bonchev–Trinajstić information content (AvgIpc) is 3.12. The van der Waals surface area contributed by atoms with Gasteiger partial charge in [-0.1, -0.05) is 29.3 Å². The molecule has 146 valence electrons. The van der Waals surface area contributed by atoms with Gasteiger partial charge in [0, 0.05) is 21.2 Å². The van der Waals surface area contributed by atoms with E-state index >= 15 is 0 Å². The zero-order valence-electron chi connectivity index (χ0n) is 15.4. The Morgan fingerprint density at radius 2 is 1.86 bits per heavy atom. The minimum Gasteiger partial charge on any atom is -0.325 e. The van der Waals surface area contributed by atoms with Crippen LogP contribution in [0, 0.1) is 6.92 Å². The van der Waals surface area contributed by atoms with Gasteiger partial charge in [-0.15, -0.1) is 23.1 Å². The zero-order chi connectivity index (χ0) is 20.4. The van der Waals surface area contributed by atoms with Crippen LogP contribution in [0.4, 0.5) is 5.69 Å². The van der Waals surface area contributed by atoms with Gasteiger partial charge in [-0.2, -0.15) is 0 Å². The first kappa shape index (κ1) is 20.2. The van der Waals surface area contributed by atoms with Crippen molar-refractivity contribution in [1.82, 2.24) is 4.98 Å². The molecule has 0 saturated heterocycles. The van der Waals surface area contributed by atoms with Crippen molar-refractivity contribution >= 4 is 68.1 Å². The van der Waals surface area contributed by atoms with E-state index in [4.69, 9.17) is 28.2 Å². The number of fused-ring (bicyclic) bond motifs is 1. The summed E-state index contributed by atoms with van der Waals surface area (Å²) in [6.07, 6.45) is 0. The second-order valence-electron chi connectivity index (χ2n) is 6.48. The molecule has 29 heavy (non-hydrogen) atoms. The SMILES string of the molecule is Cc1ccc2nc(-c3ccc(NC(=O)CSc4cc(Cl)ccc4Cl)cc3)sc2c1. The zero-order valence-corrected chi connectivity index (χ0v) is 18.6. The van der Waals surface area contributed by atoms with Crippen LogP contribution in [0.5, 0.6) is 0 Å². The van der Waals surface area contributed by atoms with Gasteiger partial charge >= 0.3 is 0 Å². The second-order valence-corrected chi connectivity index (χ2v) is 9.37. The molecule has 0 bridgehead atoms. The van der Waals surface area contributed by atoms with Crippen LogP contribution >= 0.6 is 46.3 Å². The Bertz CT molecular complexity index is 1190. The topological polar surface area (TPSA) is 42.0 Å². The first-order chi connectivity index (χ1) is 14.0. The third-order valence-corrected chi connectivity index (χ3v) is 7.01. The second kappa shape index (κ2) is 8.76. The van der Waals surface area contributed by atoms with Crippen molar-refractivity contribution in [2.24, 2.45) is 0 Å². The lowest BCUT2D eigenvalue weighted by molar-refractivity contribution is -0.113. The molecule has 4 rings (SSSR count). The molecule has 0 saturated carbocycles. The van der Waals surface area contributed by atoms with E-state index in [1.807, 2.05) is 30.3 Å². The van der Waals surface area contributed by atoms with E-state index in [1.165, 1.54) is 22.0 Å². The first-order valence-corrected chi connectivity index (χ1v) is 11.4. The van der Waals surface area contributed by atoms with Gasteiger partial charge in [-0.05, 0) is 67.1 Å². The lowest BCUT2D eigenvalue weighted by Crippen LogP contribution is -2.13. The van der Waals surface area contributed by atoms with Gasteiger partial charge in [0.2, 0.25) is 5.91 Å². The molecular formula is C22H16Cl2N2OS2. The fourth-order valence-corrected chi connectivity index (χ4v) is 5.14. The van der Waals surface area contributed by atoms with Gasteiger partial charge in [-0.25, -0.2) is 4.98 Å². The van der Waals surface area contributed by atoms with E-state index in [2.05, 4.69) is 24.4 Å². The third-order valence-electron chi connectivity index (χ3n) is 4.21. The molecule has 4 aromatic rings. The Labute approximate surface area is 187 Å². The predicted octanol–water partition coefficient (Wildman–Crippen LogP) is 7.31. The number of halogens is 2. The fraction of sp³-hybridized carbons (Fsp3) is 0.0909. The number of hydrogen-bond acceptors (Lipinski definition) is 4. The summed E-state index contributed by atoms with van der Waals surface area (Å²) in [7, 11) is 0. The molecule has 0 unspecified atom stereocenters. The summed E-state index contributed by atoms with van der Waals surface area (Å²) >= 11 is 15.1. The smallest absolute Gasteiger partial charge is 0.234 e. The Morgan fingerprint density at radius 1 is 1.07 bits per heavy atom. The molecule has 1 aromatic heterocycles. The number of thioether (sulfide) groups is 1. The summed E-state index contributed by atoms with van der Waals surface area (Å²) in [5.74, 6) is 0.146. The molecule has 1 N–H and O–H groups in total. The van der Waals surface area contributed by atoms with Crippen LogP contribution in [0.1, 0.15) is 5.56 Å². The van der Waals surface area contributed by atoms with Crippen molar-refractivity contribution in [1.29, 1.82) is 0 Å². The molecule has 0 aliphatic carbocycles. The summed E-state index contributed by atoms with van der Waals surface area (Å²) in [6, 6.07) is 19.2. The minimum atomic E-state index is -0.103. The first-order valence-electron chi connectivity index (χ1n) is 8.83. The number of thiazole rings is 1. The maximum Gasteiger partial charge on any atom is 0.234 e. The number of nitrogens with one attached hydrogen (secondary N) is 1. The molecule has 0 aliphatic heterocycles. The van der Waals surface area contributed by atoms with E-state index in [0.29, 0.717) is 10.0 Å². The molecule has 0 atom stereocenters. The van der Waals surface area contributed by atoms with Crippen LogP contribution in [0.2, 0.25) is 10.0 Å². The standard InChI is InChI=1S/C22H16Cl2N2OS2/c1-13-2-9-18-20(10-13)29-22(26-18)14-3-6-16(7-4-14)25-21(27)12-28-19-11-15(23)5-8-17(19)24/h2-11H,12H2,1H3,(H,25,27). The maximum absolute atomic E-state index is 12.3. The number of benzene rings is 3. The number of aryl methyl sites for hydroxylation is 1. The lowest BCUT2D eigenvalue weighted by Gasteiger charge is -2.07. The van der Waals surface area contributed by atoms with Crippen LogP contribution in [0.15, 0.2) is 65.6 Å². The van der Waals surface area contributed by atoms with Gasteiger partial charge in [0.15, 0.2) is 0 Å².